The van der Waals surface area contributed by atoms with E-state index < -0.39 is 23.9 Å². The average Bonchev–Trinajstić information content (AvgIpc) is 2.44. The highest BCUT2D eigenvalue weighted by molar-refractivity contribution is 6.33. The number of nitrogens with one attached hydrogen (secondary N) is 1. The molecule has 21 heavy (non-hydrogen) atoms. The van der Waals surface area contributed by atoms with E-state index in [0.717, 1.165) is 6.07 Å². The quantitative estimate of drug-likeness (QED) is 0.679. The first-order valence-corrected chi connectivity index (χ1v) is 6.32. The first kappa shape index (κ1) is 16.8. The number of aliphatic carboxylic acids is 1. The Morgan fingerprint density at radius 1 is 1.38 bits per heavy atom. The summed E-state index contributed by atoms with van der Waals surface area (Å²) >= 11 is 5.81. The summed E-state index contributed by atoms with van der Waals surface area (Å²) in [4.78, 5) is 34.0. The molecule has 8 heteroatoms. The van der Waals surface area contributed by atoms with Crippen molar-refractivity contribution in [2.75, 3.05) is 7.11 Å². The van der Waals surface area contributed by atoms with Gasteiger partial charge in [-0.1, -0.05) is 11.6 Å². The van der Waals surface area contributed by atoms with Crippen LogP contribution in [0.5, 0.6) is 5.75 Å². The van der Waals surface area contributed by atoms with Gasteiger partial charge in [-0.05, 0) is 24.6 Å². The van der Waals surface area contributed by atoms with Gasteiger partial charge in [0.25, 0.3) is 5.91 Å². The van der Waals surface area contributed by atoms with E-state index in [2.05, 4.69) is 10.1 Å². The Morgan fingerprint density at radius 2 is 2.05 bits per heavy atom. The van der Waals surface area contributed by atoms with E-state index in [0.29, 0.717) is 0 Å². The van der Waals surface area contributed by atoms with Gasteiger partial charge in [0.05, 0.1) is 17.7 Å². The van der Waals surface area contributed by atoms with Crippen molar-refractivity contribution >= 4 is 29.4 Å². The number of methoxy groups -OCH3 is 1. The Balaban J connectivity index is 2.79. The van der Waals surface area contributed by atoms with Gasteiger partial charge in [0.2, 0.25) is 0 Å². The largest absolute Gasteiger partial charge is 0.508 e. The minimum atomic E-state index is -1.29. The van der Waals surface area contributed by atoms with E-state index in [4.69, 9.17) is 16.7 Å². The van der Waals surface area contributed by atoms with Crippen LogP contribution in [0.25, 0.3) is 0 Å². The van der Waals surface area contributed by atoms with Gasteiger partial charge >= 0.3 is 11.9 Å². The van der Waals surface area contributed by atoms with Gasteiger partial charge in [-0.2, -0.15) is 0 Å². The molecule has 114 valence electrons. The van der Waals surface area contributed by atoms with Crippen molar-refractivity contribution in [3.63, 3.8) is 0 Å². The van der Waals surface area contributed by atoms with Crippen LogP contribution in [0.4, 0.5) is 0 Å². The van der Waals surface area contributed by atoms with Crippen molar-refractivity contribution in [3.05, 3.63) is 28.8 Å². The summed E-state index contributed by atoms with van der Waals surface area (Å²) in [5.74, 6) is -2.80. The van der Waals surface area contributed by atoms with Crippen molar-refractivity contribution in [1.29, 1.82) is 0 Å². The molecule has 0 heterocycles. The lowest BCUT2D eigenvalue weighted by Gasteiger charge is -2.14. The first-order valence-electron chi connectivity index (χ1n) is 5.94. The van der Waals surface area contributed by atoms with Gasteiger partial charge in [0.15, 0.2) is 0 Å². The fraction of sp³-hybridized carbons (Fsp3) is 0.308. The van der Waals surface area contributed by atoms with Gasteiger partial charge in [-0.25, -0.2) is 4.79 Å². The second-order valence-corrected chi connectivity index (χ2v) is 4.55. The molecule has 0 bridgehead atoms. The van der Waals surface area contributed by atoms with Crippen LogP contribution in [-0.2, 0) is 14.3 Å². The number of hydrogen-bond acceptors (Lipinski definition) is 5. The third-order valence-corrected chi connectivity index (χ3v) is 2.99. The number of hydrogen-bond donors (Lipinski definition) is 3. The van der Waals surface area contributed by atoms with E-state index in [1.165, 1.54) is 19.2 Å². The molecule has 1 atom stereocenters. The number of aromatic hydroxyl groups is 1. The number of benzene rings is 1. The number of ether oxygens (including phenoxy) is 1. The number of carbonyl (C=O) groups is 3. The van der Waals surface area contributed by atoms with E-state index in [9.17, 15) is 19.5 Å². The maximum absolute atomic E-state index is 12.0. The number of carbonyl (C=O) groups excluding carboxylic acids is 2. The molecule has 0 unspecified atom stereocenters. The van der Waals surface area contributed by atoms with Crippen LogP contribution in [0.2, 0.25) is 5.02 Å². The van der Waals surface area contributed by atoms with E-state index in [1.807, 2.05) is 0 Å². The van der Waals surface area contributed by atoms with Crippen molar-refractivity contribution in [2.45, 2.75) is 18.9 Å². The smallest absolute Gasteiger partial charge is 0.326 e. The first-order chi connectivity index (χ1) is 9.85. The molecule has 1 aromatic carbocycles. The summed E-state index contributed by atoms with van der Waals surface area (Å²) in [5.41, 5.74) is -0.0546. The number of rotatable bonds is 6. The molecule has 3 N–H and O–H groups in total. The van der Waals surface area contributed by atoms with Gasteiger partial charge in [-0.3, -0.25) is 9.59 Å². The topological polar surface area (TPSA) is 113 Å². The predicted molar refractivity (Wildman–Crippen MR) is 73.3 cm³/mol. The van der Waals surface area contributed by atoms with Crippen LogP contribution in [0.3, 0.4) is 0 Å². The molecule has 7 nitrogen and oxygen atoms in total. The van der Waals surface area contributed by atoms with Crippen molar-refractivity contribution in [3.8, 4) is 5.75 Å². The Morgan fingerprint density at radius 3 is 2.62 bits per heavy atom. The van der Waals surface area contributed by atoms with Gasteiger partial charge in [0, 0.05) is 6.42 Å². The fourth-order valence-electron chi connectivity index (χ4n) is 1.54. The zero-order chi connectivity index (χ0) is 16.0. The lowest BCUT2D eigenvalue weighted by molar-refractivity contribution is -0.142. The maximum atomic E-state index is 12.0. The average molecular weight is 316 g/mol. The second-order valence-electron chi connectivity index (χ2n) is 4.14. The van der Waals surface area contributed by atoms with Crippen molar-refractivity contribution in [1.82, 2.24) is 5.32 Å². The lowest BCUT2D eigenvalue weighted by atomic mass is 10.1. The third-order valence-electron chi connectivity index (χ3n) is 2.66. The van der Waals surface area contributed by atoms with Crippen molar-refractivity contribution in [2.24, 2.45) is 0 Å². The van der Waals surface area contributed by atoms with Crippen molar-refractivity contribution < 1.29 is 29.3 Å². The summed E-state index contributed by atoms with van der Waals surface area (Å²) in [6.45, 7) is 0. The molecule has 1 aromatic rings. The summed E-state index contributed by atoms with van der Waals surface area (Å²) < 4.78 is 4.41. The molecule has 0 aliphatic rings. The molecule has 0 aliphatic heterocycles. The number of carboxylic acid groups (broad SMARTS) is 1. The molecule has 0 spiro atoms. The highest BCUT2D eigenvalue weighted by Crippen LogP contribution is 2.21. The Kier molecular flexibility index (Phi) is 5.98. The molecule has 1 amide bonds. The molecule has 0 radical (unpaired) electrons. The zero-order valence-electron chi connectivity index (χ0n) is 11.1. The maximum Gasteiger partial charge on any atom is 0.326 e. The van der Waals surface area contributed by atoms with Gasteiger partial charge in [0.1, 0.15) is 11.8 Å². The highest BCUT2D eigenvalue weighted by Gasteiger charge is 2.23. The van der Waals surface area contributed by atoms with Crippen LogP contribution in [0, 0.1) is 0 Å². The SMILES string of the molecule is COC(=O)CC[C@H](NC(=O)c1cc(O)ccc1Cl)C(=O)O. The number of esters is 1. The number of phenols is 1. The van der Waals surface area contributed by atoms with E-state index in [1.54, 1.807) is 0 Å². The number of amides is 1. The summed E-state index contributed by atoms with van der Waals surface area (Å²) in [6, 6.07) is 2.47. The molecule has 0 aliphatic carbocycles. The zero-order valence-corrected chi connectivity index (χ0v) is 11.9. The third kappa shape index (κ3) is 4.96. The number of phenolic OH excluding ortho intramolecular Hbond substituents is 1. The molecular formula is C13H14ClNO6. The van der Waals surface area contributed by atoms with E-state index in [-0.39, 0.29) is 29.2 Å². The van der Waals surface area contributed by atoms with E-state index >= 15 is 0 Å². The Bertz CT molecular complexity index is 560. The standard InChI is InChI=1S/C13H14ClNO6/c1-21-11(17)5-4-10(13(19)20)15-12(18)8-6-7(16)2-3-9(8)14/h2-3,6,10,16H,4-5H2,1H3,(H,15,18)(H,19,20)/t10-/m0/s1. The normalized spacial score (nSPS) is 11.5. The Labute approximate surface area is 125 Å². The van der Waals surface area contributed by atoms with Crippen LogP contribution in [0.15, 0.2) is 18.2 Å². The van der Waals surface area contributed by atoms with Crippen LogP contribution < -0.4 is 5.32 Å². The summed E-state index contributed by atoms with van der Waals surface area (Å²) in [5, 5.41) is 20.7. The summed E-state index contributed by atoms with van der Waals surface area (Å²) in [6.07, 6.45) is -0.272. The molecule has 0 saturated heterocycles. The number of carboxylic acids is 1. The molecular weight excluding hydrogens is 302 g/mol. The van der Waals surface area contributed by atoms with Crippen LogP contribution in [-0.4, -0.2) is 41.2 Å². The summed E-state index contributed by atoms with van der Waals surface area (Å²) in [7, 11) is 1.18. The lowest BCUT2D eigenvalue weighted by Crippen LogP contribution is -2.41. The highest BCUT2D eigenvalue weighted by atomic mass is 35.5. The molecule has 0 aromatic heterocycles. The number of halogens is 1. The Hall–Kier alpha value is -2.28. The second kappa shape index (κ2) is 7.49. The fourth-order valence-corrected chi connectivity index (χ4v) is 1.75. The van der Waals surface area contributed by atoms with Gasteiger partial charge in [-0.15, -0.1) is 0 Å². The molecule has 0 saturated carbocycles. The van der Waals surface area contributed by atoms with Gasteiger partial charge < -0.3 is 20.3 Å². The monoisotopic (exact) mass is 315 g/mol. The minimum Gasteiger partial charge on any atom is -0.508 e. The van der Waals surface area contributed by atoms with Crippen LogP contribution >= 0.6 is 11.6 Å². The molecule has 1 rings (SSSR count). The predicted octanol–water partition coefficient (Wildman–Crippen LogP) is 1.18. The minimum absolute atomic E-state index is 0.0546. The van der Waals surface area contributed by atoms with Crippen LogP contribution in [0.1, 0.15) is 23.2 Å². The molecule has 0 fully saturated rings.